The monoisotopic (exact) mass is 526 g/mol. The van der Waals surface area contributed by atoms with Crippen LogP contribution in [0.15, 0.2) is 71.6 Å². The van der Waals surface area contributed by atoms with Crippen molar-refractivity contribution in [3.8, 4) is 11.5 Å². The number of nitrogens with one attached hydrogen (secondary N) is 2. The van der Waals surface area contributed by atoms with Gasteiger partial charge in [0, 0.05) is 11.8 Å². The lowest BCUT2D eigenvalue weighted by atomic mass is 10.1. The highest BCUT2D eigenvalue weighted by atomic mass is 32.2. The molecule has 3 aromatic carbocycles. The summed E-state index contributed by atoms with van der Waals surface area (Å²) in [6.45, 7) is 0. The molecule has 36 heavy (non-hydrogen) atoms. The molecule has 0 aliphatic heterocycles. The largest absolute Gasteiger partial charge is 0.493 e. The molecule has 12 heteroatoms. The second-order valence-electron chi connectivity index (χ2n) is 7.56. The number of carbonyl (C=O) groups is 1. The van der Waals surface area contributed by atoms with E-state index in [1.807, 2.05) is 0 Å². The van der Waals surface area contributed by atoms with Crippen molar-refractivity contribution in [2.75, 3.05) is 19.5 Å². The number of benzene rings is 3. The third-order valence-electron chi connectivity index (χ3n) is 5.10. The van der Waals surface area contributed by atoms with Crippen LogP contribution in [0.5, 0.6) is 11.5 Å². The lowest BCUT2D eigenvalue weighted by Gasteiger charge is -2.20. The average molecular weight is 527 g/mol. The Labute approximate surface area is 205 Å². The number of carbonyl (C=O) groups excluding carboxylic acids is 1. The van der Waals surface area contributed by atoms with Crippen molar-refractivity contribution in [1.29, 1.82) is 0 Å². The van der Waals surface area contributed by atoms with Gasteiger partial charge in [-0.1, -0.05) is 30.3 Å². The fourth-order valence-electron chi connectivity index (χ4n) is 3.33. The number of ether oxygens (including phenoxy) is 2. The van der Waals surface area contributed by atoms with Crippen molar-refractivity contribution < 1.29 is 40.2 Å². The molecule has 7 nitrogen and oxygen atoms in total. The van der Waals surface area contributed by atoms with Gasteiger partial charge in [-0.05, 0) is 42.3 Å². The molecule has 3 rings (SSSR count). The molecule has 0 saturated heterocycles. The summed E-state index contributed by atoms with van der Waals surface area (Å²) in [7, 11) is -1.60. The van der Waals surface area contributed by atoms with Crippen LogP contribution in [0.2, 0.25) is 0 Å². The molecular weight excluding hydrogens is 504 g/mol. The Balaban J connectivity index is 1.92. The summed E-state index contributed by atoms with van der Waals surface area (Å²) in [4.78, 5) is 12.8. The van der Waals surface area contributed by atoms with Crippen LogP contribution in [0.25, 0.3) is 0 Å². The number of halogens is 4. The van der Waals surface area contributed by atoms with E-state index in [1.54, 1.807) is 30.3 Å². The van der Waals surface area contributed by atoms with Crippen molar-refractivity contribution in [3.63, 3.8) is 0 Å². The van der Waals surface area contributed by atoms with E-state index in [2.05, 4.69) is 10.0 Å². The summed E-state index contributed by atoms with van der Waals surface area (Å²) in [5.74, 6) is -2.03. The van der Waals surface area contributed by atoms with Crippen molar-refractivity contribution in [3.05, 3.63) is 83.7 Å². The fraction of sp³-hybridized carbons (Fsp3) is 0.208. The molecule has 0 unspecified atom stereocenters. The maximum atomic E-state index is 13.6. The van der Waals surface area contributed by atoms with E-state index >= 15 is 0 Å². The van der Waals surface area contributed by atoms with Crippen LogP contribution in [0, 0.1) is 5.82 Å². The van der Waals surface area contributed by atoms with E-state index in [-0.39, 0.29) is 28.5 Å². The Hall–Kier alpha value is -3.64. The summed E-state index contributed by atoms with van der Waals surface area (Å²) in [6, 6.07) is 12.8. The van der Waals surface area contributed by atoms with Crippen LogP contribution in [0.1, 0.15) is 11.1 Å². The summed E-state index contributed by atoms with van der Waals surface area (Å²) in [5.41, 5.74) is -1.33. The lowest BCUT2D eigenvalue weighted by Crippen LogP contribution is -2.45. The quantitative estimate of drug-likeness (QED) is 0.404. The minimum absolute atomic E-state index is 0.119. The van der Waals surface area contributed by atoms with Gasteiger partial charge in [0.1, 0.15) is 11.9 Å². The molecule has 0 heterocycles. The molecule has 0 aliphatic rings. The van der Waals surface area contributed by atoms with Crippen LogP contribution in [-0.4, -0.2) is 34.6 Å². The topological polar surface area (TPSA) is 93.7 Å². The molecule has 0 radical (unpaired) electrons. The van der Waals surface area contributed by atoms with Gasteiger partial charge in [-0.25, -0.2) is 12.8 Å². The van der Waals surface area contributed by atoms with E-state index in [4.69, 9.17) is 9.47 Å². The smallest absolute Gasteiger partial charge is 0.419 e. The number of methoxy groups -OCH3 is 2. The predicted molar refractivity (Wildman–Crippen MR) is 124 cm³/mol. The van der Waals surface area contributed by atoms with Crippen molar-refractivity contribution in [1.82, 2.24) is 4.72 Å². The van der Waals surface area contributed by atoms with E-state index in [0.29, 0.717) is 17.7 Å². The lowest BCUT2D eigenvalue weighted by molar-refractivity contribution is -0.140. The van der Waals surface area contributed by atoms with Gasteiger partial charge in [-0.3, -0.25) is 4.79 Å². The minimum atomic E-state index is -4.98. The average Bonchev–Trinajstić information content (AvgIpc) is 2.84. The number of hydrogen-bond acceptors (Lipinski definition) is 5. The van der Waals surface area contributed by atoms with Crippen molar-refractivity contribution >= 4 is 21.6 Å². The van der Waals surface area contributed by atoms with Crippen LogP contribution in [0.3, 0.4) is 0 Å². The Morgan fingerprint density at radius 3 is 2.22 bits per heavy atom. The molecule has 0 spiro atoms. The van der Waals surface area contributed by atoms with Crippen molar-refractivity contribution in [2.24, 2.45) is 0 Å². The first-order chi connectivity index (χ1) is 16.9. The summed E-state index contributed by atoms with van der Waals surface area (Å²) in [6.07, 6.45) is -5.10. The maximum absolute atomic E-state index is 13.6. The number of anilines is 1. The van der Waals surface area contributed by atoms with Crippen LogP contribution >= 0.6 is 0 Å². The van der Waals surface area contributed by atoms with E-state index in [1.165, 1.54) is 32.4 Å². The van der Waals surface area contributed by atoms with Gasteiger partial charge in [0.15, 0.2) is 11.5 Å². The Bertz CT molecular complexity index is 1330. The molecular formula is C24H22F4N2O5S. The van der Waals surface area contributed by atoms with Crippen LogP contribution in [-0.2, 0) is 27.4 Å². The normalized spacial score (nSPS) is 12.6. The van der Waals surface area contributed by atoms with Crippen LogP contribution in [0.4, 0.5) is 23.2 Å². The van der Waals surface area contributed by atoms with Gasteiger partial charge in [0.2, 0.25) is 15.9 Å². The standard InChI is InChI=1S/C24H22F4N2O5S/c1-34-21-11-9-17(14-22(21)35-2)36(32,33)30-20(12-15-6-4-3-5-7-15)23(31)29-16-8-10-19(25)18(13-16)24(26,27)28/h3-11,13-14,20,30H,12H2,1-2H3,(H,29,31)/t20-/m0/s1. The second kappa shape index (κ2) is 11.0. The number of hydrogen-bond donors (Lipinski definition) is 2. The SMILES string of the molecule is COc1ccc(S(=O)(=O)N[C@@H](Cc2ccccc2)C(=O)Nc2ccc(F)c(C(F)(F)F)c2)cc1OC. The summed E-state index contributed by atoms with van der Waals surface area (Å²) < 4.78 is 91.6. The molecule has 2 N–H and O–H groups in total. The minimum Gasteiger partial charge on any atom is -0.493 e. The van der Waals surface area contributed by atoms with Gasteiger partial charge in [-0.15, -0.1) is 0 Å². The Morgan fingerprint density at radius 2 is 1.61 bits per heavy atom. The zero-order valence-corrected chi connectivity index (χ0v) is 19.9. The van der Waals surface area contributed by atoms with Crippen molar-refractivity contribution in [2.45, 2.75) is 23.5 Å². The van der Waals surface area contributed by atoms with Gasteiger partial charge < -0.3 is 14.8 Å². The molecule has 1 amide bonds. The first-order valence-electron chi connectivity index (χ1n) is 10.4. The Kier molecular flexibility index (Phi) is 8.21. The molecule has 0 bridgehead atoms. The number of amides is 1. The highest BCUT2D eigenvalue weighted by Gasteiger charge is 2.35. The summed E-state index contributed by atoms with van der Waals surface area (Å²) in [5, 5.41) is 2.24. The number of alkyl halides is 3. The molecule has 192 valence electrons. The van der Waals surface area contributed by atoms with Gasteiger partial charge in [0.05, 0.1) is 24.7 Å². The van der Waals surface area contributed by atoms with E-state index in [0.717, 1.165) is 6.07 Å². The molecule has 0 aromatic heterocycles. The molecule has 3 aromatic rings. The maximum Gasteiger partial charge on any atom is 0.419 e. The molecule has 0 saturated carbocycles. The first kappa shape index (κ1) is 27.0. The highest BCUT2D eigenvalue weighted by molar-refractivity contribution is 7.89. The molecule has 0 aliphatic carbocycles. The van der Waals surface area contributed by atoms with Gasteiger partial charge in [-0.2, -0.15) is 17.9 Å². The fourth-order valence-corrected chi connectivity index (χ4v) is 4.54. The van der Waals surface area contributed by atoms with Crippen LogP contribution < -0.4 is 19.5 Å². The Morgan fingerprint density at radius 1 is 0.944 bits per heavy atom. The first-order valence-corrected chi connectivity index (χ1v) is 11.9. The molecule has 0 fully saturated rings. The number of sulfonamides is 1. The summed E-state index contributed by atoms with van der Waals surface area (Å²) >= 11 is 0. The van der Waals surface area contributed by atoms with Gasteiger partial charge >= 0.3 is 6.18 Å². The molecule has 1 atom stereocenters. The zero-order valence-electron chi connectivity index (χ0n) is 19.1. The number of rotatable bonds is 9. The predicted octanol–water partition coefficient (Wildman–Crippen LogP) is 4.39. The van der Waals surface area contributed by atoms with Gasteiger partial charge in [0.25, 0.3) is 0 Å². The third kappa shape index (κ3) is 6.52. The highest BCUT2D eigenvalue weighted by Crippen LogP contribution is 2.33. The third-order valence-corrected chi connectivity index (χ3v) is 6.57. The zero-order chi connectivity index (χ0) is 26.5. The second-order valence-corrected chi connectivity index (χ2v) is 9.28. The van der Waals surface area contributed by atoms with E-state index < -0.39 is 39.5 Å². The van der Waals surface area contributed by atoms with E-state index in [9.17, 15) is 30.8 Å².